The second-order valence-corrected chi connectivity index (χ2v) is 6.54. The van der Waals surface area contributed by atoms with Crippen LogP contribution < -0.4 is 4.74 Å². The van der Waals surface area contributed by atoms with E-state index < -0.39 is 0 Å². The summed E-state index contributed by atoms with van der Waals surface area (Å²) < 4.78 is 11.1. The fourth-order valence-electron chi connectivity index (χ4n) is 2.41. The average molecular weight is 354 g/mol. The summed E-state index contributed by atoms with van der Waals surface area (Å²) in [6.45, 7) is 3.56. The van der Waals surface area contributed by atoms with Crippen molar-refractivity contribution >= 4 is 17.5 Å². The Morgan fingerprint density at radius 1 is 1.20 bits per heavy atom. The first-order valence-corrected chi connectivity index (χ1v) is 8.76. The maximum atomic E-state index is 11.6. The Morgan fingerprint density at radius 2 is 2.04 bits per heavy atom. The van der Waals surface area contributed by atoms with E-state index in [2.05, 4.69) is 10.2 Å². The minimum absolute atomic E-state index is 0.0217. The standard InChI is InChI=1S/C19H18N2O3S/c1-12-5-4-6-15(9-12)18-20-21-19(24-18)25-11-16-10-14(13(2)22)7-8-17(16)23-3/h4-10H,11H2,1-3H3. The maximum absolute atomic E-state index is 11.6. The summed E-state index contributed by atoms with van der Waals surface area (Å²) >= 11 is 1.41. The molecule has 128 valence electrons. The number of carbonyl (C=O) groups is 1. The fourth-order valence-corrected chi connectivity index (χ4v) is 3.15. The van der Waals surface area contributed by atoms with Crippen molar-refractivity contribution in [2.24, 2.45) is 0 Å². The molecule has 6 heteroatoms. The molecule has 0 saturated carbocycles. The van der Waals surface area contributed by atoms with Crippen molar-refractivity contribution in [2.45, 2.75) is 24.8 Å². The van der Waals surface area contributed by atoms with Crippen molar-refractivity contribution in [3.8, 4) is 17.2 Å². The van der Waals surface area contributed by atoms with Crippen LogP contribution in [0, 0.1) is 6.92 Å². The first-order valence-electron chi connectivity index (χ1n) is 7.78. The highest BCUT2D eigenvalue weighted by atomic mass is 32.2. The van der Waals surface area contributed by atoms with E-state index in [1.54, 1.807) is 26.2 Å². The van der Waals surface area contributed by atoms with Gasteiger partial charge in [0, 0.05) is 22.4 Å². The van der Waals surface area contributed by atoms with Crippen molar-refractivity contribution in [3.05, 3.63) is 59.2 Å². The highest BCUT2D eigenvalue weighted by Crippen LogP contribution is 2.30. The maximum Gasteiger partial charge on any atom is 0.277 e. The second kappa shape index (κ2) is 7.53. The number of Topliss-reactive ketones (excluding diaryl/α,β-unsaturated/α-hetero) is 1. The van der Waals surface area contributed by atoms with Gasteiger partial charge in [0.15, 0.2) is 5.78 Å². The Hall–Kier alpha value is -2.60. The summed E-state index contributed by atoms with van der Waals surface area (Å²) in [5, 5.41) is 8.67. The Balaban J connectivity index is 1.76. The van der Waals surface area contributed by atoms with Crippen LogP contribution in [0.15, 0.2) is 52.1 Å². The normalized spacial score (nSPS) is 10.7. The van der Waals surface area contributed by atoms with E-state index in [1.807, 2.05) is 37.3 Å². The van der Waals surface area contributed by atoms with E-state index in [4.69, 9.17) is 9.15 Å². The molecule has 0 aliphatic carbocycles. The van der Waals surface area contributed by atoms with Crippen LogP contribution in [0.4, 0.5) is 0 Å². The monoisotopic (exact) mass is 354 g/mol. The molecule has 0 atom stereocenters. The topological polar surface area (TPSA) is 65.2 Å². The zero-order valence-electron chi connectivity index (χ0n) is 14.3. The molecule has 0 bridgehead atoms. The van der Waals surface area contributed by atoms with Gasteiger partial charge < -0.3 is 9.15 Å². The number of aryl methyl sites for hydroxylation is 1. The van der Waals surface area contributed by atoms with Crippen LogP contribution in [0.25, 0.3) is 11.5 Å². The van der Waals surface area contributed by atoms with Crippen LogP contribution >= 0.6 is 11.8 Å². The highest BCUT2D eigenvalue weighted by Gasteiger charge is 2.12. The lowest BCUT2D eigenvalue weighted by atomic mass is 10.1. The minimum atomic E-state index is 0.0217. The summed E-state index contributed by atoms with van der Waals surface area (Å²) in [5.74, 6) is 1.82. The van der Waals surface area contributed by atoms with Crippen LogP contribution in [-0.4, -0.2) is 23.1 Å². The first kappa shape index (κ1) is 17.2. The number of thioether (sulfide) groups is 1. The van der Waals surface area contributed by atoms with Gasteiger partial charge in [-0.15, -0.1) is 10.2 Å². The quantitative estimate of drug-likeness (QED) is 0.478. The lowest BCUT2D eigenvalue weighted by Gasteiger charge is -2.08. The van der Waals surface area contributed by atoms with E-state index in [-0.39, 0.29) is 5.78 Å². The molecule has 0 spiro atoms. The number of hydrogen-bond donors (Lipinski definition) is 0. The molecule has 5 nitrogen and oxygen atoms in total. The molecule has 0 unspecified atom stereocenters. The van der Waals surface area contributed by atoms with Gasteiger partial charge in [0.25, 0.3) is 5.22 Å². The smallest absolute Gasteiger partial charge is 0.277 e. The van der Waals surface area contributed by atoms with Gasteiger partial charge in [0.1, 0.15) is 5.75 Å². The predicted molar refractivity (Wildman–Crippen MR) is 97.0 cm³/mol. The summed E-state index contributed by atoms with van der Waals surface area (Å²) in [6.07, 6.45) is 0. The van der Waals surface area contributed by atoms with E-state index in [0.29, 0.717) is 22.4 Å². The van der Waals surface area contributed by atoms with Crippen molar-refractivity contribution in [1.29, 1.82) is 0 Å². The number of nitrogens with zero attached hydrogens (tertiary/aromatic N) is 2. The molecule has 2 aromatic carbocycles. The fraction of sp³-hybridized carbons (Fsp3) is 0.211. The summed E-state index contributed by atoms with van der Waals surface area (Å²) in [4.78, 5) is 11.6. The van der Waals surface area contributed by atoms with Crippen LogP contribution in [0.3, 0.4) is 0 Å². The molecule has 0 aliphatic heterocycles. The van der Waals surface area contributed by atoms with Crippen molar-refractivity contribution in [2.75, 3.05) is 7.11 Å². The van der Waals surface area contributed by atoms with E-state index >= 15 is 0 Å². The Bertz CT molecular complexity index is 905. The first-order chi connectivity index (χ1) is 12.1. The van der Waals surface area contributed by atoms with Crippen molar-refractivity contribution < 1.29 is 13.9 Å². The molecular formula is C19H18N2O3S. The summed E-state index contributed by atoms with van der Waals surface area (Å²) in [7, 11) is 1.61. The molecule has 3 rings (SSSR count). The largest absolute Gasteiger partial charge is 0.496 e. The molecule has 0 N–H and O–H groups in total. The summed E-state index contributed by atoms with van der Waals surface area (Å²) in [5.41, 5.74) is 3.60. The van der Waals surface area contributed by atoms with Gasteiger partial charge in [0.2, 0.25) is 5.89 Å². The van der Waals surface area contributed by atoms with Gasteiger partial charge in [-0.2, -0.15) is 0 Å². The van der Waals surface area contributed by atoms with E-state index in [1.165, 1.54) is 11.8 Å². The molecule has 0 radical (unpaired) electrons. The molecule has 0 amide bonds. The number of benzene rings is 2. The second-order valence-electron chi connectivity index (χ2n) is 5.61. The van der Waals surface area contributed by atoms with Gasteiger partial charge in [-0.25, -0.2) is 0 Å². The number of rotatable bonds is 6. The lowest BCUT2D eigenvalue weighted by Crippen LogP contribution is -1.96. The van der Waals surface area contributed by atoms with Gasteiger partial charge in [-0.3, -0.25) is 4.79 Å². The lowest BCUT2D eigenvalue weighted by molar-refractivity contribution is 0.101. The van der Waals surface area contributed by atoms with Crippen LogP contribution in [0.5, 0.6) is 5.75 Å². The molecule has 0 aliphatic rings. The SMILES string of the molecule is COc1ccc(C(C)=O)cc1CSc1nnc(-c2cccc(C)c2)o1. The summed E-state index contributed by atoms with van der Waals surface area (Å²) in [6, 6.07) is 13.3. The number of methoxy groups -OCH3 is 1. The van der Waals surface area contributed by atoms with E-state index in [9.17, 15) is 4.79 Å². The molecule has 0 saturated heterocycles. The van der Waals surface area contributed by atoms with Gasteiger partial charge in [-0.05, 0) is 44.2 Å². The van der Waals surface area contributed by atoms with Gasteiger partial charge in [0.05, 0.1) is 7.11 Å². The van der Waals surface area contributed by atoms with Gasteiger partial charge >= 0.3 is 0 Å². The molecular weight excluding hydrogens is 336 g/mol. The van der Waals surface area contributed by atoms with Gasteiger partial charge in [-0.1, -0.05) is 29.5 Å². The minimum Gasteiger partial charge on any atom is -0.496 e. The third kappa shape index (κ3) is 4.09. The Morgan fingerprint density at radius 3 is 2.76 bits per heavy atom. The van der Waals surface area contributed by atoms with Crippen molar-refractivity contribution in [3.63, 3.8) is 0 Å². The number of carbonyl (C=O) groups excluding carboxylic acids is 1. The number of ether oxygens (including phenoxy) is 1. The number of hydrogen-bond acceptors (Lipinski definition) is 6. The molecule has 1 heterocycles. The molecule has 0 fully saturated rings. The zero-order chi connectivity index (χ0) is 17.8. The van der Waals surface area contributed by atoms with Crippen molar-refractivity contribution in [1.82, 2.24) is 10.2 Å². The third-order valence-corrected chi connectivity index (χ3v) is 4.58. The number of aromatic nitrogens is 2. The van der Waals surface area contributed by atoms with Crippen LogP contribution in [0.1, 0.15) is 28.4 Å². The molecule has 3 aromatic rings. The number of ketones is 1. The molecule has 1 aromatic heterocycles. The highest BCUT2D eigenvalue weighted by molar-refractivity contribution is 7.98. The third-order valence-electron chi connectivity index (χ3n) is 3.71. The Labute approximate surface area is 150 Å². The Kier molecular flexibility index (Phi) is 5.19. The predicted octanol–water partition coefficient (Wildman–Crippen LogP) is 4.55. The van der Waals surface area contributed by atoms with Crippen LogP contribution in [0.2, 0.25) is 0 Å². The van der Waals surface area contributed by atoms with E-state index in [0.717, 1.165) is 22.4 Å². The zero-order valence-corrected chi connectivity index (χ0v) is 15.1. The van der Waals surface area contributed by atoms with Crippen LogP contribution in [-0.2, 0) is 5.75 Å². The molecule has 25 heavy (non-hydrogen) atoms. The average Bonchev–Trinajstić information content (AvgIpc) is 3.08.